The van der Waals surface area contributed by atoms with Crippen molar-refractivity contribution in [3.05, 3.63) is 53.1 Å². The highest BCUT2D eigenvalue weighted by molar-refractivity contribution is 6.36. The fourth-order valence-corrected chi connectivity index (χ4v) is 3.99. The van der Waals surface area contributed by atoms with Gasteiger partial charge in [-0.15, -0.1) is 5.10 Å². The first-order chi connectivity index (χ1) is 14.6. The molecule has 2 aromatic rings. The largest absolute Gasteiger partial charge is 0.490 e. The normalized spacial score (nSPS) is 17.2. The maximum atomic E-state index is 12.5. The van der Waals surface area contributed by atoms with Crippen molar-refractivity contribution in [1.82, 2.24) is 4.90 Å². The lowest BCUT2D eigenvalue weighted by Gasteiger charge is -2.37. The summed E-state index contributed by atoms with van der Waals surface area (Å²) >= 11 is 0. The minimum atomic E-state index is -0.436. The van der Waals surface area contributed by atoms with Gasteiger partial charge in [0.15, 0.2) is 17.7 Å². The number of hydrogen-bond donors (Lipinski definition) is 0. The number of nitrogens with zero attached hydrogens (tertiary/aromatic N) is 3. The molecule has 0 radical (unpaired) electrons. The number of methoxy groups -OCH3 is 1. The molecule has 158 valence electrons. The SMILES string of the molecule is CCOc1cc2c(cc1OCC)C1N(CC2)C(C(=O)OC)=NN1c1ccc(C)cc1. The topological polar surface area (TPSA) is 63.6 Å². The number of benzene rings is 2. The van der Waals surface area contributed by atoms with Gasteiger partial charge in [0.05, 0.1) is 26.0 Å². The van der Waals surface area contributed by atoms with Crippen molar-refractivity contribution in [3.8, 4) is 11.5 Å². The van der Waals surface area contributed by atoms with Crippen LogP contribution in [-0.2, 0) is 16.0 Å². The summed E-state index contributed by atoms with van der Waals surface area (Å²) in [6.45, 7) is 7.73. The molecule has 4 rings (SSSR count). The summed E-state index contributed by atoms with van der Waals surface area (Å²) in [6.07, 6.45) is 0.524. The van der Waals surface area contributed by atoms with Crippen LogP contribution in [-0.4, -0.2) is 43.6 Å². The Hall–Kier alpha value is -3.22. The number of fused-ring (bicyclic) bond motifs is 3. The molecule has 2 aromatic carbocycles. The van der Waals surface area contributed by atoms with Crippen molar-refractivity contribution in [2.45, 2.75) is 33.4 Å². The van der Waals surface area contributed by atoms with Crippen molar-refractivity contribution < 1.29 is 19.0 Å². The molecule has 0 amide bonds. The van der Waals surface area contributed by atoms with Gasteiger partial charge in [0.2, 0.25) is 5.84 Å². The van der Waals surface area contributed by atoms with Crippen LogP contribution in [0.25, 0.3) is 0 Å². The number of ether oxygens (including phenoxy) is 3. The molecule has 7 nitrogen and oxygen atoms in total. The Bertz CT molecular complexity index is 971. The first kappa shape index (κ1) is 20.1. The quantitative estimate of drug-likeness (QED) is 0.679. The average molecular weight is 409 g/mol. The molecule has 0 N–H and O–H groups in total. The van der Waals surface area contributed by atoms with E-state index < -0.39 is 5.97 Å². The lowest BCUT2D eigenvalue weighted by Crippen LogP contribution is -2.43. The fourth-order valence-electron chi connectivity index (χ4n) is 3.99. The highest BCUT2D eigenvalue weighted by Gasteiger charge is 2.43. The molecule has 2 aliphatic rings. The number of carbonyl (C=O) groups is 1. The highest BCUT2D eigenvalue weighted by Crippen LogP contribution is 2.44. The second-order valence-corrected chi connectivity index (χ2v) is 7.28. The van der Waals surface area contributed by atoms with E-state index in [9.17, 15) is 4.79 Å². The van der Waals surface area contributed by atoms with Gasteiger partial charge in [0.1, 0.15) is 0 Å². The fraction of sp³-hybridized carbons (Fsp3) is 0.391. The van der Waals surface area contributed by atoms with Gasteiger partial charge in [-0.3, -0.25) is 0 Å². The lowest BCUT2D eigenvalue weighted by molar-refractivity contribution is -0.133. The summed E-state index contributed by atoms with van der Waals surface area (Å²) in [5, 5.41) is 6.55. The minimum Gasteiger partial charge on any atom is -0.490 e. The number of carbonyl (C=O) groups excluding carboxylic acids is 1. The van der Waals surface area contributed by atoms with E-state index in [1.807, 2.05) is 61.0 Å². The maximum absolute atomic E-state index is 12.5. The molecule has 2 heterocycles. The number of aryl methyl sites for hydroxylation is 1. The first-order valence-electron chi connectivity index (χ1n) is 10.3. The number of amidine groups is 1. The van der Waals surface area contributed by atoms with Gasteiger partial charge < -0.3 is 19.1 Å². The second-order valence-electron chi connectivity index (χ2n) is 7.28. The van der Waals surface area contributed by atoms with Crippen molar-refractivity contribution in [2.24, 2.45) is 5.10 Å². The third-order valence-electron chi connectivity index (χ3n) is 5.37. The summed E-state index contributed by atoms with van der Waals surface area (Å²) in [7, 11) is 1.38. The van der Waals surface area contributed by atoms with Gasteiger partial charge in [-0.05, 0) is 57.0 Å². The molecule has 0 saturated heterocycles. The van der Waals surface area contributed by atoms with E-state index in [-0.39, 0.29) is 6.17 Å². The van der Waals surface area contributed by atoms with Gasteiger partial charge in [0, 0.05) is 12.1 Å². The zero-order valence-electron chi connectivity index (χ0n) is 17.8. The average Bonchev–Trinajstić information content (AvgIpc) is 3.14. The van der Waals surface area contributed by atoms with Gasteiger partial charge in [0.25, 0.3) is 0 Å². The molecule has 0 fully saturated rings. The van der Waals surface area contributed by atoms with E-state index in [4.69, 9.17) is 14.2 Å². The van der Waals surface area contributed by atoms with Gasteiger partial charge in [-0.2, -0.15) is 0 Å². The van der Waals surface area contributed by atoms with Crippen LogP contribution in [0.15, 0.2) is 41.5 Å². The Morgan fingerprint density at radius 2 is 1.77 bits per heavy atom. The van der Waals surface area contributed by atoms with Crippen LogP contribution in [0.2, 0.25) is 0 Å². The zero-order chi connectivity index (χ0) is 21.3. The monoisotopic (exact) mass is 409 g/mol. The molecule has 0 saturated carbocycles. The molecular formula is C23H27N3O4. The molecule has 0 bridgehead atoms. The summed E-state index contributed by atoms with van der Waals surface area (Å²) in [5.74, 6) is 1.34. The van der Waals surface area contributed by atoms with E-state index in [0.717, 1.165) is 29.0 Å². The Balaban J connectivity index is 1.83. The third-order valence-corrected chi connectivity index (χ3v) is 5.37. The van der Waals surface area contributed by atoms with Crippen LogP contribution in [0.5, 0.6) is 11.5 Å². The third kappa shape index (κ3) is 3.44. The Kier molecular flexibility index (Phi) is 5.53. The van der Waals surface area contributed by atoms with Gasteiger partial charge in [-0.1, -0.05) is 17.7 Å². The number of anilines is 1. The van der Waals surface area contributed by atoms with E-state index in [2.05, 4.69) is 11.2 Å². The van der Waals surface area contributed by atoms with Crippen LogP contribution in [0, 0.1) is 6.92 Å². The maximum Gasteiger partial charge on any atom is 0.375 e. The molecule has 2 aliphatic heterocycles. The number of rotatable bonds is 6. The first-order valence-corrected chi connectivity index (χ1v) is 10.3. The standard InChI is InChI=1S/C23H27N3O4/c1-5-29-19-13-16-11-12-25-21(23(27)28-4)24-26(17-9-7-15(3)8-10-17)22(25)18(16)14-20(19)30-6-2/h7-10,13-14,22H,5-6,11-12H2,1-4H3. The van der Waals surface area contributed by atoms with Crippen LogP contribution < -0.4 is 14.5 Å². The van der Waals surface area contributed by atoms with E-state index >= 15 is 0 Å². The van der Waals surface area contributed by atoms with Crippen molar-refractivity contribution in [3.63, 3.8) is 0 Å². The molecule has 0 aromatic heterocycles. The van der Waals surface area contributed by atoms with E-state index in [0.29, 0.717) is 31.3 Å². The number of esters is 1. The summed E-state index contributed by atoms with van der Waals surface area (Å²) in [5.41, 5.74) is 4.29. The Morgan fingerprint density at radius 3 is 2.40 bits per heavy atom. The summed E-state index contributed by atoms with van der Waals surface area (Å²) in [6, 6.07) is 12.2. The van der Waals surface area contributed by atoms with Crippen LogP contribution >= 0.6 is 0 Å². The second kappa shape index (κ2) is 8.26. The van der Waals surface area contributed by atoms with E-state index in [1.54, 1.807) is 0 Å². The summed E-state index contributed by atoms with van der Waals surface area (Å²) < 4.78 is 16.7. The van der Waals surface area contributed by atoms with Crippen LogP contribution in [0.4, 0.5) is 5.69 Å². The molecular weight excluding hydrogens is 382 g/mol. The zero-order valence-corrected chi connectivity index (χ0v) is 17.8. The molecule has 0 spiro atoms. The van der Waals surface area contributed by atoms with Gasteiger partial charge in [-0.25, -0.2) is 9.80 Å². The Morgan fingerprint density at radius 1 is 1.10 bits per heavy atom. The predicted octanol–water partition coefficient (Wildman–Crippen LogP) is 3.66. The predicted molar refractivity (Wildman–Crippen MR) is 115 cm³/mol. The molecule has 1 atom stereocenters. The lowest BCUT2D eigenvalue weighted by atomic mass is 9.95. The highest BCUT2D eigenvalue weighted by atomic mass is 16.5. The summed E-state index contributed by atoms with van der Waals surface area (Å²) in [4.78, 5) is 14.5. The van der Waals surface area contributed by atoms with Crippen LogP contribution in [0.1, 0.15) is 36.7 Å². The van der Waals surface area contributed by atoms with Crippen molar-refractivity contribution >= 4 is 17.5 Å². The number of hydrazone groups is 1. The van der Waals surface area contributed by atoms with E-state index in [1.165, 1.54) is 12.7 Å². The molecule has 30 heavy (non-hydrogen) atoms. The minimum absolute atomic E-state index is 0.250. The molecule has 1 unspecified atom stereocenters. The van der Waals surface area contributed by atoms with Crippen LogP contribution in [0.3, 0.4) is 0 Å². The number of hydrogen-bond acceptors (Lipinski definition) is 7. The molecule has 7 heteroatoms. The Labute approximate surface area is 176 Å². The smallest absolute Gasteiger partial charge is 0.375 e. The van der Waals surface area contributed by atoms with Crippen molar-refractivity contribution in [2.75, 3.05) is 31.9 Å². The van der Waals surface area contributed by atoms with Crippen molar-refractivity contribution in [1.29, 1.82) is 0 Å². The van der Waals surface area contributed by atoms with Gasteiger partial charge >= 0.3 is 5.97 Å². The molecule has 0 aliphatic carbocycles.